The highest BCUT2D eigenvalue weighted by atomic mass is 79.9. The Balaban J connectivity index is 0.000000810. The molecule has 10 heavy (non-hydrogen) atoms. The van der Waals surface area contributed by atoms with Gasteiger partial charge in [0, 0.05) is 18.4 Å². The van der Waals surface area contributed by atoms with Crippen LogP contribution in [0, 0.1) is 0 Å². The summed E-state index contributed by atoms with van der Waals surface area (Å²) < 4.78 is 1.97. The topological polar surface area (TPSA) is 17.8 Å². The van der Waals surface area contributed by atoms with Gasteiger partial charge in [0.2, 0.25) is 0 Å². The van der Waals surface area contributed by atoms with Crippen molar-refractivity contribution < 1.29 is 0 Å². The van der Waals surface area contributed by atoms with Crippen LogP contribution in [0.4, 0.5) is 0 Å². The first-order valence-corrected chi connectivity index (χ1v) is 3.33. The molecule has 0 amide bonds. The van der Waals surface area contributed by atoms with Crippen molar-refractivity contribution in [3.8, 4) is 0 Å². The van der Waals surface area contributed by atoms with Gasteiger partial charge in [-0.05, 0) is 19.4 Å². The second kappa shape index (κ2) is 4.50. The average Bonchev–Trinajstić information content (AvgIpc) is 2.37. The molecular formula is C7H13BrN2. The Morgan fingerprint density at radius 1 is 1.60 bits per heavy atom. The van der Waals surface area contributed by atoms with Crippen molar-refractivity contribution in [2.75, 3.05) is 0 Å². The molecular weight excluding hydrogens is 192 g/mol. The first-order chi connectivity index (χ1) is 4.34. The summed E-state index contributed by atoms with van der Waals surface area (Å²) in [4.78, 5) is 0. The third-order valence-electron chi connectivity index (χ3n) is 1.57. The average molecular weight is 205 g/mol. The van der Waals surface area contributed by atoms with Crippen LogP contribution >= 0.6 is 17.0 Å². The Kier molecular flexibility index (Phi) is 4.36. The van der Waals surface area contributed by atoms with Crippen molar-refractivity contribution in [1.82, 2.24) is 9.78 Å². The molecule has 0 aliphatic heterocycles. The first-order valence-electron chi connectivity index (χ1n) is 3.33. The van der Waals surface area contributed by atoms with Gasteiger partial charge in [-0.1, -0.05) is 6.92 Å². The fraction of sp³-hybridized carbons (Fsp3) is 0.571. The van der Waals surface area contributed by atoms with E-state index in [1.807, 2.05) is 23.1 Å². The molecule has 0 fully saturated rings. The van der Waals surface area contributed by atoms with Gasteiger partial charge < -0.3 is 0 Å². The summed E-state index contributed by atoms with van der Waals surface area (Å²) in [6.45, 7) is 4.32. The molecule has 0 saturated carbocycles. The van der Waals surface area contributed by atoms with Crippen molar-refractivity contribution >= 4 is 17.0 Å². The summed E-state index contributed by atoms with van der Waals surface area (Å²) in [5.41, 5.74) is 0. The fourth-order valence-corrected chi connectivity index (χ4v) is 0.728. The minimum absolute atomic E-state index is 0. The van der Waals surface area contributed by atoms with Crippen LogP contribution in [0.25, 0.3) is 0 Å². The summed E-state index contributed by atoms with van der Waals surface area (Å²) in [7, 11) is 0. The van der Waals surface area contributed by atoms with Crippen molar-refractivity contribution in [2.24, 2.45) is 0 Å². The van der Waals surface area contributed by atoms with E-state index in [0.717, 1.165) is 6.42 Å². The molecule has 0 aromatic carbocycles. The monoisotopic (exact) mass is 204 g/mol. The van der Waals surface area contributed by atoms with Gasteiger partial charge in [-0.15, -0.1) is 17.0 Å². The van der Waals surface area contributed by atoms with Crippen molar-refractivity contribution in [1.29, 1.82) is 0 Å². The van der Waals surface area contributed by atoms with E-state index >= 15 is 0 Å². The van der Waals surface area contributed by atoms with Gasteiger partial charge in [0.05, 0.1) is 0 Å². The molecule has 1 heterocycles. The van der Waals surface area contributed by atoms with E-state index in [9.17, 15) is 0 Å². The maximum Gasteiger partial charge on any atom is 0.0489 e. The standard InChI is InChI=1S/C7H12N2.BrH/c1-3-7(2)9-6-4-5-8-9;/h4-7H,3H2,1-2H3;1H. The van der Waals surface area contributed by atoms with Crippen LogP contribution in [0.15, 0.2) is 18.5 Å². The molecule has 0 radical (unpaired) electrons. The molecule has 0 spiro atoms. The van der Waals surface area contributed by atoms with Gasteiger partial charge in [0.1, 0.15) is 0 Å². The SMILES string of the molecule is Br.CCC(C)n1cccn1. The van der Waals surface area contributed by atoms with Gasteiger partial charge >= 0.3 is 0 Å². The zero-order valence-corrected chi connectivity index (χ0v) is 8.03. The van der Waals surface area contributed by atoms with Crippen LogP contribution in [0.3, 0.4) is 0 Å². The van der Waals surface area contributed by atoms with Gasteiger partial charge in [0.25, 0.3) is 0 Å². The molecule has 0 aliphatic rings. The minimum atomic E-state index is 0. The maximum absolute atomic E-state index is 4.10. The van der Waals surface area contributed by atoms with Gasteiger partial charge in [0.15, 0.2) is 0 Å². The molecule has 2 nitrogen and oxygen atoms in total. The van der Waals surface area contributed by atoms with E-state index in [1.165, 1.54) is 0 Å². The molecule has 58 valence electrons. The number of rotatable bonds is 2. The number of hydrogen-bond donors (Lipinski definition) is 0. The summed E-state index contributed by atoms with van der Waals surface area (Å²) in [5.74, 6) is 0. The quantitative estimate of drug-likeness (QED) is 0.724. The molecule has 0 bridgehead atoms. The van der Waals surface area contributed by atoms with Crippen LogP contribution in [-0.4, -0.2) is 9.78 Å². The van der Waals surface area contributed by atoms with E-state index in [2.05, 4.69) is 18.9 Å². The molecule has 3 heteroatoms. The van der Waals surface area contributed by atoms with Crippen molar-refractivity contribution in [3.63, 3.8) is 0 Å². The fourth-order valence-electron chi connectivity index (χ4n) is 0.728. The first kappa shape index (κ1) is 9.69. The van der Waals surface area contributed by atoms with Crippen LogP contribution in [0.5, 0.6) is 0 Å². The lowest BCUT2D eigenvalue weighted by Gasteiger charge is -2.06. The van der Waals surface area contributed by atoms with Gasteiger partial charge in [-0.3, -0.25) is 4.68 Å². The second-order valence-corrected chi connectivity index (χ2v) is 2.24. The lowest BCUT2D eigenvalue weighted by atomic mass is 10.3. The highest BCUT2D eigenvalue weighted by Gasteiger charge is 1.97. The normalized spacial score (nSPS) is 12.2. The van der Waals surface area contributed by atoms with Crippen LogP contribution in [0.2, 0.25) is 0 Å². The van der Waals surface area contributed by atoms with E-state index in [4.69, 9.17) is 0 Å². The lowest BCUT2D eigenvalue weighted by molar-refractivity contribution is 0.478. The number of hydrogen-bond acceptors (Lipinski definition) is 1. The second-order valence-electron chi connectivity index (χ2n) is 2.24. The molecule has 1 unspecified atom stereocenters. The van der Waals surface area contributed by atoms with Crippen molar-refractivity contribution in [2.45, 2.75) is 26.3 Å². The lowest BCUT2D eigenvalue weighted by Crippen LogP contribution is -2.03. The Hall–Kier alpha value is -0.310. The molecule has 1 atom stereocenters. The van der Waals surface area contributed by atoms with E-state index in [-0.39, 0.29) is 17.0 Å². The third kappa shape index (κ3) is 2.14. The summed E-state index contributed by atoms with van der Waals surface area (Å²) >= 11 is 0. The Labute approximate surface area is 72.0 Å². The van der Waals surface area contributed by atoms with E-state index in [0.29, 0.717) is 6.04 Å². The minimum Gasteiger partial charge on any atom is -0.270 e. The molecule has 1 aromatic heterocycles. The van der Waals surface area contributed by atoms with Crippen LogP contribution in [0.1, 0.15) is 26.3 Å². The molecule has 0 saturated heterocycles. The Bertz CT molecular complexity index is 160. The van der Waals surface area contributed by atoms with Crippen LogP contribution < -0.4 is 0 Å². The number of halogens is 1. The molecule has 0 aliphatic carbocycles. The van der Waals surface area contributed by atoms with Gasteiger partial charge in [-0.2, -0.15) is 5.10 Å². The zero-order valence-electron chi connectivity index (χ0n) is 6.32. The van der Waals surface area contributed by atoms with E-state index < -0.39 is 0 Å². The summed E-state index contributed by atoms with van der Waals surface area (Å²) in [5, 5.41) is 4.10. The summed E-state index contributed by atoms with van der Waals surface area (Å²) in [6.07, 6.45) is 4.95. The predicted molar refractivity (Wildman–Crippen MR) is 47.6 cm³/mol. The summed E-state index contributed by atoms with van der Waals surface area (Å²) in [6, 6.07) is 2.49. The molecule has 1 aromatic rings. The molecule has 1 rings (SSSR count). The highest BCUT2D eigenvalue weighted by molar-refractivity contribution is 8.93. The Morgan fingerprint density at radius 3 is 2.70 bits per heavy atom. The number of nitrogens with zero attached hydrogens (tertiary/aromatic N) is 2. The maximum atomic E-state index is 4.10. The third-order valence-corrected chi connectivity index (χ3v) is 1.57. The largest absolute Gasteiger partial charge is 0.270 e. The predicted octanol–water partition coefficient (Wildman–Crippen LogP) is 2.43. The van der Waals surface area contributed by atoms with E-state index in [1.54, 1.807) is 0 Å². The highest BCUT2D eigenvalue weighted by Crippen LogP contribution is 2.05. The zero-order chi connectivity index (χ0) is 6.69. The molecule has 0 N–H and O–H groups in total. The van der Waals surface area contributed by atoms with Gasteiger partial charge in [-0.25, -0.2) is 0 Å². The number of aromatic nitrogens is 2. The van der Waals surface area contributed by atoms with Crippen molar-refractivity contribution in [3.05, 3.63) is 18.5 Å². The Morgan fingerprint density at radius 2 is 2.30 bits per heavy atom. The van der Waals surface area contributed by atoms with Crippen LogP contribution in [-0.2, 0) is 0 Å². The smallest absolute Gasteiger partial charge is 0.0489 e.